The molecule has 0 bridgehead atoms. The first kappa shape index (κ1) is 15.9. The summed E-state index contributed by atoms with van der Waals surface area (Å²) in [5.74, 6) is -1.15. The Morgan fingerprint density at radius 1 is 1.18 bits per heavy atom. The number of carboxylic acid groups (broad SMARTS) is 1. The first-order chi connectivity index (χ1) is 7.58. The normalized spacial score (nSPS) is 15.1. The number of carbonyl (C=O) groups excluding carboxylic acids is 1. The minimum absolute atomic E-state index is 0.0510. The molecule has 3 N–H and O–H groups in total. The van der Waals surface area contributed by atoms with E-state index in [-0.39, 0.29) is 25.3 Å². The zero-order valence-corrected chi connectivity index (χ0v) is 11.0. The van der Waals surface area contributed by atoms with Crippen molar-refractivity contribution in [3.05, 3.63) is 0 Å². The summed E-state index contributed by atoms with van der Waals surface area (Å²) in [6.45, 7) is 7.14. The van der Waals surface area contributed by atoms with Crippen molar-refractivity contribution >= 4 is 11.9 Å². The van der Waals surface area contributed by atoms with Gasteiger partial charge in [0.25, 0.3) is 0 Å². The van der Waals surface area contributed by atoms with E-state index in [4.69, 9.17) is 5.11 Å². The van der Waals surface area contributed by atoms with Gasteiger partial charge in [-0.25, -0.2) is 0 Å². The summed E-state index contributed by atoms with van der Waals surface area (Å²) in [7, 11) is 0. The molecule has 0 aromatic carbocycles. The molecule has 1 amide bonds. The molecule has 1 atom stereocenters. The van der Waals surface area contributed by atoms with Crippen LogP contribution in [0.25, 0.3) is 0 Å². The first-order valence-electron chi connectivity index (χ1n) is 5.79. The van der Waals surface area contributed by atoms with Crippen molar-refractivity contribution in [1.29, 1.82) is 0 Å². The highest BCUT2D eigenvalue weighted by molar-refractivity contribution is 5.77. The Morgan fingerprint density at radius 2 is 1.71 bits per heavy atom. The number of carbonyl (C=O) groups is 2. The highest BCUT2D eigenvalue weighted by Gasteiger charge is 2.26. The van der Waals surface area contributed by atoms with Crippen LogP contribution >= 0.6 is 0 Å². The highest BCUT2D eigenvalue weighted by Crippen LogP contribution is 2.24. The lowest BCUT2D eigenvalue weighted by Gasteiger charge is -2.25. The number of rotatable bonds is 7. The van der Waals surface area contributed by atoms with E-state index in [1.807, 2.05) is 6.92 Å². The molecule has 0 saturated heterocycles. The van der Waals surface area contributed by atoms with E-state index in [9.17, 15) is 14.7 Å². The van der Waals surface area contributed by atoms with E-state index in [0.717, 1.165) is 0 Å². The second-order valence-electron chi connectivity index (χ2n) is 5.54. The average molecular weight is 245 g/mol. The van der Waals surface area contributed by atoms with Crippen LogP contribution in [0.2, 0.25) is 0 Å². The topological polar surface area (TPSA) is 86.6 Å². The van der Waals surface area contributed by atoms with E-state index in [0.29, 0.717) is 6.42 Å². The van der Waals surface area contributed by atoms with E-state index < -0.39 is 17.0 Å². The smallest absolute Gasteiger partial charge is 0.303 e. The van der Waals surface area contributed by atoms with Crippen molar-refractivity contribution < 1.29 is 19.8 Å². The van der Waals surface area contributed by atoms with Gasteiger partial charge in [0.1, 0.15) is 0 Å². The molecule has 100 valence electrons. The molecule has 0 aromatic rings. The predicted molar refractivity (Wildman–Crippen MR) is 64.6 cm³/mol. The number of aliphatic hydroxyl groups is 1. The van der Waals surface area contributed by atoms with E-state index >= 15 is 0 Å². The monoisotopic (exact) mass is 245 g/mol. The Kier molecular flexibility index (Phi) is 5.61. The van der Waals surface area contributed by atoms with E-state index in [1.165, 1.54) is 0 Å². The second kappa shape index (κ2) is 6.00. The molecule has 0 aromatic heterocycles. The van der Waals surface area contributed by atoms with Gasteiger partial charge in [0.15, 0.2) is 0 Å². The average Bonchev–Trinajstić information content (AvgIpc) is 2.12. The van der Waals surface area contributed by atoms with Crippen molar-refractivity contribution in [2.24, 2.45) is 5.41 Å². The molecule has 0 saturated carbocycles. The van der Waals surface area contributed by atoms with Crippen molar-refractivity contribution in [3.8, 4) is 0 Å². The van der Waals surface area contributed by atoms with Crippen LogP contribution in [0.5, 0.6) is 0 Å². The minimum atomic E-state index is -0.914. The molecular weight excluding hydrogens is 222 g/mol. The third kappa shape index (κ3) is 7.74. The van der Waals surface area contributed by atoms with Gasteiger partial charge in [-0.2, -0.15) is 0 Å². The third-order valence-corrected chi connectivity index (χ3v) is 2.70. The Balaban J connectivity index is 4.14. The van der Waals surface area contributed by atoms with Crippen molar-refractivity contribution in [1.82, 2.24) is 5.32 Å². The third-order valence-electron chi connectivity index (χ3n) is 2.70. The first-order valence-corrected chi connectivity index (χ1v) is 5.79. The minimum Gasteiger partial charge on any atom is -0.481 e. The SMILES string of the molecule is CCC(C)(O)CNC(=O)CC(C)(C)CC(=O)O. The number of nitrogens with one attached hydrogen (secondary N) is 1. The molecule has 0 fully saturated rings. The van der Waals surface area contributed by atoms with Crippen molar-refractivity contribution in [2.75, 3.05) is 6.54 Å². The fourth-order valence-corrected chi connectivity index (χ4v) is 1.38. The van der Waals surface area contributed by atoms with Gasteiger partial charge < -0.3 is 15.5 Å². The van der Waals surface area contributed by atoms with Crippen LogP contribution in [0.4, 0.5) is 0 Å². The van der Waals surface area contributed by atoms with Crippen molar-refractivity contribution in [3.63, 3.8) is 0 Å². The van der Waals surface area contributed by atoms with Crippen LogP contribution < -0.4 is 5.32 Å². The van der Waals surface area contributed by atoms with E-state index in [2.05, 4.69) is 5.32 Å². The lowest BCUT2D eigenvalue weighted by atomic mass is 9.85. The molecule has 17 heavy (non-hydrogen) atoms. The maximum atomic E-state index is 11.6. The summed E-state index contributed by atoms with van der Waals surface area (Å²) < 4.78 is 0. The fourth-order valence-electron chi connectivity index (χ4n) is 1.38. The molecule has 1 unspecified atom stereocenters. The Bertz CT molecular complexity index is 284. The lowest BCUT2D eigenvalue weighted by molar-refractivity contribution is -0.139. The fraction of sp³-hybridized carbons (Fsp3) is 0.833. The summed E-state index contributed by atoms with van der Waals surface area (Å²) in [6, 6.07) is 0. The maximum Gasteiger partial charge on any atom is 0.303 e. The number of amides is 1. The van der Waals surface area contributed by atoms with Crippen LogP contribution in [-0.4, -0.2) is 34.2 Å². The molecule has 0 radical (unpaired) electrons. The van der Waals surface area contributed by atoms with Crippen LogP contribution in [0.3, 0.4) is 0 Å². The molecule has 0 rings (SSSR count). The zero-order valence-electron chi connectivity index (χ0n) is 11.0. The molecule has 5 heteroatoms. The molecule has 0 aliphatic rings. The summed E-state index contributed by atoms with van der Waals surface area (Å²) >= 11 is 0. The Labute approximate surface area is 102 Å². The van der Waals surface area contributed by atoms with Gasteiger partial charge >= 0.3 is 5.97 Å². The maximum absolute atomic E-state index is 11.6. The van der Waals surface area contributed by atoms with Crippen molar-refractivity contribution in [2.45, 2.75) is 52.6 Å². The van der Waals surface area contributed by atoms with Crippen LogP contribution in [-0.2, 0) is 9.59 Å². The van der Waals surface area contributed by atoms with Gasteiger partial charge in [0, 0.05) is 13.0 Å². The number of hydrogen-bond donors (Lipinski definition) is 3. The number of carboxylic acids is 1. The second-order valence-corrected chi connectivity index (χ2v) is 5.54. The number of aliphatic carboxylic acids is 1. The molecule has 0 heterocycles. The van der Waals surface area contributed by atoms with Gasteiger partial charge in [0.2, 0.25) is 5.91 Å². The van der Waals surface area contributed by atoms with Gasteiger partial charge in [-0.15, -0.1) is 0 Å². The molecule has 0 aliphatic carbocycles. The van der Waals surface area contributed by atoms with Crippen LogP contribution in [0, 0.1) is 5.41 Å². The number of hydrogen-bond acceptors (Lipinski definition) is 3. The molecule has 5 nitrogen and oxygen atoms in total. The standard InChI is InChI=1S/C12H23NO4/c1-5-12(4,17)8-13-9(14)6-11(2,3)7-10(15)16/h17H,5-8H2,1-4H3,(H,13,14)(H,15,16). The summed E-state index contributed by atoms with van der Waals surface area (Å²) in [5.41, 5.74) is -1.49. The summed E-state index contributed by atoms with van der Waals surface area (Å²) in [6.07, 6.45) is 0.634. The quantitative estimate of drug-likeness (QED) is 0.628. The van der Waals surface area contributed by atoms with Gasteiger partial charge in [-0.05, 0) is 18.8 Å². The largest absolute Gasteiger partial charge is 0.481 e. The Hall–Kier alpha value is -1.10. The van der Waals surface area contributed by atoms with Crippen LogP contribution in [0.15, 0.2) is 0 Å². The van der Waals surface area contributed by atoms with Gasteiger partial charge in [-0.3, -0.25) is 9.59 Å². The highest BCUT2D eigenvalue weighted by atomic mass is 16.4. The molecular formula is C12H23NO4. The van der Waals surface area contributed by atoms with Gasteiger partial charge in [0.05, 0.1) is 12.0 Å². The van der Waals surface area contributed by atoms with Gasteiger partial charge in [-0.1, -0.05) is 20.8 Å². The summed E-state index contributed by atoms with van der Waals surface area (Å²) in [5, 5.41) is 21.0. The lowest BCUT2D eigenvalue weighted by Crippen LogP contribution is -2.41. The molecule has 0 aliphatic heterocycles. The molecule has 0 spiro atoms. The zero-order chi connectivity index (χ0) is 13.7. The summed E-state index contributed by atoms with van der Waals surface area (Å²) in [4.78, 5) is 22.2. The predicted octanol–water partition coefficient (Wildman–Crippen LogP) is 1.15. The Morgan fingerprint density at radius 3 is 2.12 bits per heavy atom. The van der Waals surface area contributed by atoms with Crippen LogP contribution in [0.1, 0.15) is 47.0 Å². The van der Waals surface area contributed by atoms with E-state index in [1.54, 1.807) is 20.8 Å².